The van der Waals surface area contributed by atoms with Crippen molar-refractivity contribution in [3.05, 3.63) is 95.5 Å². The van der Waals surface area contributed by atoms with Crippen LogP contribution in [0.2, 0.25) is 5.02 Å². The van der Waals surface area contributed by atoms with E-state index in [0.717, 1.165) is 22.6 Å². The van der Waals surface area contributed by atoms with Crippen molar-refractivity contribution in [2.24, 2.45) is 4.99 Å². The summed E-state index contributed by atoms with van der Waals surface area (Å²) in [5.74, 6) is 0.401. The molecule has 3 rings (SSSR count). The van der Waals surface area contributed by atoms with Gasteiger partial charge in [-0.25, -0.2) is 4.99 Å². The molecule has 1 heterocycles. The van der Waals surface area contributed by atoms with Crippen molar-refractivity contribution in [1.29, 1.82) is 0 Å². The third kappa shape index (κ3) is 5.24. The lowest BCUT2D eigenvalue weighted by molar-refractivity contribution is -0.111. The number of nitrogens with zero attached hydrogens (tertiary/aromatic N) is 1. The number of anilines is 3. The predicted molar refractivity (Wildman–Crippen MR) is 117 cm³/mol. The molecule has 0 unspecified atom stereocenters. The highest BCUT2D eigenvalue weighted by Gasteiger charge is 2.06. The number of halogens is 1. The number of amidine groups is 1. The van der Waals surface area contributed by atoms with E-state index in [-0.39, 0.29) is 5.91 Å². The summed E-state index contributed by atoms with van der Waals surface area (Å²) in [4.78, 5) is 15.9. The quantitative estimate of drug-likeness (QED) is 0.476. The number of carbonyl (C=O) groups excluding carboxylic acids is 1. The summed E-state index contributed by atoms with van der Waals surface area (Å²) in [7, 11) is 0. The standard InChI is InChI=1S/C22H19ClN4O/c1-3-22(28)27-19-6-4-5-18(13-19)25-20-11-12-21(24-14-15(20)2)26-17-9-7-16(23)8-10-17/h3-10,12-14,25H,1H2,2H3,(H,24,26)(H,27,28). The van der Waals surface area contributed by atoms with Crippen molar-refractivity contribution in [1.82, 2.24) is 0 Å². The van der Waals surface area contributed by atoms with Crippen molar-refractivity contribution in [2.75, 3.05) is 16.0 Å². The van der Waals surface area contributed by atoms with Gasteiger partial charge >= 0.3 is 0 Å². The van der Waals surface area contributed by atoms with Crippen LogP contribution in [0, 0.1) is 0 Å². The topological polar surface area (TPSA) is 65.5 Å². The highest BCUT2D eigenvalue weighted by Crippen LogP contribution is 2.20. The Balaban J connectivity index is 1.76. The van der Waals surface area contributed by atoms with Gasteiger partial charge in [0.15, 0.2) is 0 Å². The van der Waals surface area contributed by atoms with Gasteiger partial charge in [0.25, 0.3) is 0 Å². The first kappa shape index (κ1) is 19.2. The summed E-state index contributed by atoms with van der Waals surface area (Å²) in [6.45, 7) is 5.40. The largest absolute Gasteiger partial charge is 0.349 e. The van der Waals surface area contributed by atoms with Crippen LogP contribution < -0.4 is 16.0 Å². The first-order valence-corrected chi connectivity index (χ1v) is 8.96. The second-order valence-electron chi connectivity index (χ2n) is 6.02. The molecule has 1 aliphatic rings. The van der Waals surface area contributed by atoms with Crippen LogP contribution in [0.25, 0.3) is 0 Å². The zero-order valence-corrected chi connectivity index (χ0v) is 16.0. The van der Waals surface area contributed by atoms with E-state index in [9.17, 15) is 4.79 Å². The van der Waals surface area contributed by atoms with E-state index >= 15 is 0 Å². The molecule has 0 saturated heterocycles. The Bertz CT molecular complexity index is 1030. The van der Waals surface area contributed by atoms with E-state index in [2.05, 4.69) is 33.3 Å². The monoisotopic (exact) mass is 390 g/mol. The zero-order valence-electron chi connectivity index (χ0n) is 15.3. The molecule has 140 valence electrons. The van der Waals surface area contributed by atoms with Crippen LogP contribution in [0.1, 0.15) is 6.92 Å². The maximum atomic E-state index is 11.5. The Labute approximate surface area is 168 Å². The number of hydrogen-bond acceptors (Lipinski definition) is 4. The van der Waals surface area contributed by atoms with Crippen LogP contribution in [0.3, 0.4) is 0 Å². The van der Waals surface area contributed by atoms with E-state index in [4.69, 9.17) is 11.6 Å². The SMILES string of the molecule is C=CC(=O)Nc1cccc(NC2=C=CC(Nc3ccc(Cl)cc3)=NC=C2C)c1. The minimum atomic E-state index is -0.256. The van der Waals surface area contributed by atoms with Gasteiger partial charge < -0.3 is 16.0 Å². The molecule has 0 saturated carbocycles. The number of benzene rings is 2. The van der Waals surface area contributed by atoms with Crippen LogP contribution in [0.5, 0.6) is 0 Å². The maximum Gasteiger partial charge on any atom is 0.247 e. The van der Waals surface area contributed by atoms with Crippen LogP contribution in [-0.2, 0) is 4.79 Å². The molecular formula is C22H19ClN4O. The molecule has 1 aliphatic heterocycles. The number of aliphatic imine (C=N–C) groups is 1. The van der Waals surface area contributed by atoms with Crippen LogP contribution in [-0.4, -0.2) is 11.7 Å². The van der Waals surface area contributed by atoms with Crippen molar-refractivity contribution in [2.45, 2.75) is 6.92 Å². The molecule has 0 fully saturated rings. The maximum absolute atomic E-state index is 11.5. The molecule has 0 bridgehead atoms. The van der Waals surface area contributed by atoms with Crippen LogP contribution in [0.15, 0.2) is 95.5 Å². The molecule has 0 atom stereocenters. The van der Waals surface area contributed by atoms with E-state index in [0.29, 0.717) is 16.5 Å². The first-order chi connectivity index (χ1) is 13.5. The minimum absolute atomic E-state index is 0.256. The minimum Gasteiger partial charge on any atom is -0.349 e. The normalized spacial score (nSPS) is 12.9. The molecule has 1 amide bonds. The molecule has 5 nitrogen and oxygen atoms in total. The number of hydrogen-bond donors (Lipinski definition) is 3. The summed E-state index contributed by atoms with van der Waals surface area (Å²) >= 11 is 5.92. The van der Waals surface area contributed by atoms with Gasteiger partial charge in [0.2, 0.25) is 5.91 Å². The average Bonchev–Trinajstić information content (AvgIpc) is 2.86. The number of carbonyl (C=O) groups is 1. The Kier molecular flexibility index (Phi) is 6.12. The van der Waals surface area contributed by atoms with Gasteiger partial charge in [-0.1, -0.05) is 30.0 Å². The highest BCUT2D eigenvalue weighted by atomic mass is 35.5. The summed E-state index contributed by atoms with van der Waals surface area (Å²) in [5, 5.41) is 9.94. The Morgan fingerprint density at radius 2 is 1.86 bits per heavy atom. The molecule has 0 aromatic heterocycles. The lowest BCUT2D eigenvalue weighted by Gasteiger charge is -2.10. The fourth-order valence-electron chi connectivity index (χ4n) is 2.42. The Hall–Kier alpha value is -3.53. The molecule has 3 N–H and O–H groups in total. The fourth-order valence-corrected chi connectivity index (χ4v) is 2.55. The van der Waals surface area contributed by atoms with Gasteiger partial charge in [0.05, 0.1) is 5.70 Å². The van der Waals surface area contributed by atoms with Gasteiger partial charge in [-0.05, 0) is 61.0 Å². The van der Waals surface area contributed by atoms with Crippen molar-refractivity contribution >= 4 is 40.4 Å². The van der Waals surface area contributed by atoms with E-state index in [1.165, 1.54) is 6.08 Å². The second-order valence-corrected chi connectivity index (χ2v) is 6.46. The summed E-state index contributed by atoms with van der Waals surface area (Å²) in [6.07, 6.45) is 4.77. The van der Waals surface area contributed by atoms with Crippen LogP contribution >= 0.6 is 11.6 Å². The van der Waals surface area contributed by atoms with Crippen LogP contribution in [0.4, 0.5) is 17.1 Å². The zero-order chi connectivity index (χ0) is 19.9. The average molecular weight is 391 g/mol. The number of rotatable bonds is 5. The highest BCUT2D eigenvalue weighted by molar-refractivity contribution is 6.30. The molecule has 0 spiro atoms. The molecule has 6 heteroatoms. The summed E-state index contributed by atoms with van der Waals surface area (Å²) in [6, 6.07) is 14.8. The summed E-state index contributed by atoms with van der Waals surface area (Å²) < 4.78 is 0. The van der Waals surface area contributed by atoms with Crippen molar-refractivity contribution in [3.63, 3.8) is 0 Å². The Morgan fingerprint density at radius 1 is 1.11 bits per heavy atom. The number of amides is 1. The molecule has 2 aromatic carbocycles. The summed E-state index contributed by atoms with van der Waals surface area (Å²) in [5.41, 5.74) is 7.30. The van der Waals surface area contributed by atoms with Gasteiger partial charge in [-0.3, -0.25) is 4.79 Å². The lowest BCUT2D eigenvalue weighted by atomic mass is 10.2. The third-order valence-electron chi connectivity index (χ3n) is 3.85. The van der Waals surface area contributed by atoms with Gasteiger partial charge in [0, 0.05) is 34.4 Å². The number of nitrogens with one attached hydrogen (secondary N) is 3. The third-order valence-corrected chi connectivity index (χ3v) is 4.10. The molecule has 0 aliphatic carbocycles. The second kappa shape index (κ2) is 8.91. The lowest BCUT2D eigenvalue weighted by Crippen LogP contribution is -2.08. The smallest absolute Gasteiger partial charge is 0.247 e. The predicted octanol–water partition coefficient (Wildman–Crippen LogP) is 5.34. The van der Waals surface area contributed by atoms with Gasteiger partial charge in [0.1, 0.15) is 5.84 Å². The van der Waals surface area contributed by atoms with Crippen molar-refractivity contribution in [3.8, 4) is 0 Å². The molecule has 0 radical (unpaired) electrons. The Morgan fingerprint density at radius 3 is 2.61 bits per heavy atom. The van der Waals surface area contributed by atoms with Gasteiger partial charge in [-0.2, -0.15) is 0 Å². The fraction of sp³-hybridized carbons (Fsp3) is 0.0455. The van der Waals surface area contributed by atoms with Gasteiger partial charge in [-0.15, -0.1) is 0 Å². The first-order valence-electron chi connectivity index (χ1n) is 8.58. The molecular weight excluding hydrogens is 372 g/mol. The van der Waals surface area contributed by atoms with E-state index in [1.54, 1.807) is 12.3 Å². The van der Waals surface area contributed by atoms with Crippen molar-refractivity contribution < 1.29 is 4.79 Å². The van der Waals surface area contributed by atoms with E-state index in [1.807, 2.05) is 55.5 Å². The van der Waals surface area contributed by atoms with E-state index < -0.39 is 0 Å². The molecule has 28 heavy (non-hydrogen) atoms. The molecule has 2 aromatic rings.